The maximum absolute atomic E-state index is 12.1. The van der Waals surface area contributed by atoms with Gasteiger partial charge < -0.3 is 10.4 Å². The second kappa shape index (κ2) is 6.45. The van der Waals surface area contributed by atoms with Gasteiger partial charge in [-0.15, -0.1) is 0 Å². The number of hydrogen-bond donors (Lipinski definition) is 2. The van der Waals surface area contributed by atoms with Gasteiger partial charge >= 0.3 is 5.97 Å². The molecule has 1 unspecified atom stereocenters. The summed E-state index contributed by atoms with van der Waals surface area (Å²) in [6, 6.07) is 6.98. The average Bonchev–Trinajstić information content (AvgIpc) is 2.85. The summed E-state index contributed by atoms with van der Waals surface area (Å²) in [5.41, 5.74) is -0.376. The van der Waals surface area contributed by atoms with Crippen LogP contribution >= 0.6 is 11.6 Å². The number of nitrogens with one attached hydrogen (secondary N) is 1. The van der Waals surface area contributed by atoms with E-state index in [0.29, 0.717) is 30.1 Å². The van der Waals surface area contributed by atoms with E-state index in [1.54, 1.807) is 29.2 Å². The summed E-state index contributed by atoms with van der Waals surface area (Å²) in [7, 11) is 0. The largest absolute Gasteiger partial charge is 0.480 e. The van der Waals surface area contributed by atoms with Crippen LogP contribution in [-0.4, -0.2) is 40.5 Å². The predicted molar refractivity (Wildman–Crippen MR) is 81.5 cm³/mol. The average molecular weight is 311 g/mol. The van der Waals surface area contributed by atoms with Crippen molar-refractivity contribution in [2.45, 2.75) is 31.7 Å². The summed E-state index contributed by atoms with van der Waals surface area (Å²) < 4.78 is 0. The van der Waals surface area contributed by atoms with Crippen LogP contribution in [0.5, 0.6) is 0 Å². The molecule has 1 atom stereocenters. The quantitative estimate of drug-likeness (QED) is 0.877. The van der Waals surface area contributed by atoms with Crippen LogP contribution in [0.2, 0.25) is 5.02 Å². The van der Waals surface area contributed by atoms with E-state index >= 15 is 0 Å². The smallest absolute Gasteiger partial charge is 0.324 e. The number of para-hydroxylation sites is 1. The molecule has 1 saturated heterocycles. The predicted octanol–water partition coefficient (Wildman–Crippen LogP) is 2.61. The van der Waals surface area contributed by atoms with Crippen LogP contribution in [0, 0.1) is 0 Å². The Bertz CT molecular complexity index is 549. The van der Waals surface area contributed by atoms with Gasteiger partial charge in [0.15, 0.2) is 0 Å². The van der Waals surface area contributed by atoms with Gasteiger partial charge in [0.25, 0.3) is 0 Å². The highest BCUT2D eigenvalue weighted by molar-refractivity contribution is 6.33. The Morgan fingerprint density at radius 3 is 2.76 bits per heavy atom. The van der Waals surface area contributed by atoms with Gasteiger partial charge in [0.2, 0.25) is 5.91 Å². The summed E-state index contributed by atoms with van der Waals surface area (Å²) in [6.45, 7) is 2.53. The van der Waals surface area contributed by atoms with Crippen molar-refractivity contribution in [3.63, 3.8) is 0 Å². The second-order valence-electron chi connectivity index (χ2n) is 5.24. The summed E-state index contributed by atoms with van der Waals surface area (Å²) in [6.07, 6.45) is 1.86. The number of carboxylic acids is 1. The molecule has 114 valence electrons. The summed E-state index contributed by atoms with van der Waals surface area (Å²) in [4.78, 5) is 25.5. The molecule has 0 spiro atoms. The Labute approximate surface area is 128 Å². The second-order valence-corrected chi connectivity index (χ2v) is 5.65. The van der Waals surface area contributed by atoms with E-state index < -0.39 is 11.5 Å². The van der Waals surface area contributed by atoms with E-state index in [1.807, 2.05) is 6.92 Å². The number of amides is 1. The fraction of sp³-hybridized carbons (Fsp3) is 0.467. The lowest BCUT2D eigenvalue weighted by molar-refractivity contribution is -0.150. The van der Waals surface area contributed by atoms with Crippen molar-refractivity contribution in [2.75, 3.05) is 18.4 Å². The maximum atomic E-state index is 12.1. The number of aliphatic carboxylic acids is 1. The molecule has 21 heavy (non-hydrogen) atoms. The SMILES string of the molecule is CCC1(C(=O)O)CCCN1CC(=O)Nc1ccccc1Cl. The molecule has 0 aliphatic carbocycles. The van der Waals surface area contributed by atoms with Gasteiger partial charge in [-0.1, -0.05) is 30.7 Å². The molecule has 1 heterocycles. The number of likely N-dealkylation sites (tertiary alicyclic amines) is 1. The lowest BCUT2D eigenvalue weighted by atomic mass is 9.93. The minimum absolute atomic E-state index is 0.0609. The van der Waals surface area contributed by atoms with Crippen LogP contribution in [0.4, 0.5) is 5.69 Å². The number of carbonyl (C=O) groups excluding carboxylic acids is 1. The highest BCUT2D eigenvalue weighted by atomic mass is 35.5. The Balaban J connectivity index is 2.06. The molecule has 0 bridgehead atoms. The molecule has 1 aromatic rings. The third kappa shape index (κ3) is 3.19. The van der Waals surface area contributed by atoms with Gasteiger partial charge in [-0.3, -0.25) is 14.5 Å². The van der Waals surface area contributed by atoms with E-state index in [4.69, 9.17) is 11.6 Å². The Hall–Kier alpha value is -1.59. The number of nitrogens with zero attached hydrogens (tertiary/aromatic N) is 1. The number of carbonyl (C=O) groups is 2. The third-order valence-electron chi connectivity index (χ3n) is 4.09. The van der Waals surface area contributed by atoms with Crippen molar-refractivity contribution in [1.82, 2.24) is 4.90 Å². The van der Waals surface area contributed by atoms with E-state index in [2.05, 4.69) is 5.32 Å². The first-order valence-electron chi connectivity index (χ1n) is 7.02. The number of benzene rings is 1. The lowest BCUT2D eigenvalue weighted by Crippen LogP contribution is -2.52. The highest BCUT2D eigenvalue weighted by Gasteiger charge is 2.46. The number of halogens is 1. The summed E-state index contributed by atoms with van der Waals surface area (Å²) >= 11 is 6.00. The van der Waals surface area contributed by atoms with E-state index in [-0.39, 0.29) is 12.5 Å². The topological polar surface area (TPSA) is 69.6 Å². The molecule has 0 saturated carbocycles. The fourth-order valence-corrected chi connectivity index (χ4v) is 3.07. The first-order valence-corrected chi connectivity index (χ1v) is 7.40. The molecule has 0 aromatic heterocycles. The van der Waals surface area contributed by atoms with Crippen molar-refractivity contribution in [3.8, 4) is 0 Å². The van der Waals surface area contributed by atoms with Crippen LogP contribution in [-0.2, 0) is 9.59 Å². The van der Waals surface area contributed by atoms with Gasteiger partial charge in [0, 0.05) is 0 Å². The Morgan fingerprint density at radius 1 is 1.43 bits per heavy atom. The van der Waals surface area contributed by atoms with Crippen molar-refractivity contribution < 1.29 is 14.7 Å². The van der Waals surface area contributed by atoms with E-state index in [9.17, 15) is 14.7 Å². The number of anilines is 1. The van der Waals surface area contributed by atoms with Crippen molar-refractivity contribution in [2.24, 2.45) is 0 Å². The molecule has 1 aliphatic heterocycles. The van der Waals surface area contributed by atoms with Gasteiger partial charge in [-0.2, -0.15) is 0 Å². The van der Waals surface area contributed by atoms with E-state index in [0.717, 1.165) is 6.42 Å². The zero-order valence-electron chi connectivity index (χ0n) is 11.9. The van der Waals surface area contributed by atoms with Crippen LogP contribution in [0.25, 0.3) is 0 Å². The van der Waals surface area contributed by atoms with Gasteiger partial charge in [0.05, 0.1) is 17.3 Å². The monoisotopic (exact) mass is 310 g/mol. The summed E-state index contributed by atoms with van der Waals surface area (Å²) in [5, 5.41) is 12.7. The Morgan fingerprint density at radius 2 is 2.14 bits per heavy atom. The minimum atomic E-state index is -0.919. The molecular formula is C15H19ClN2O3. The molecule has 2 N–H and O–H groups in total. The van der Waals surface area contributed by atoms with Crippen LogP contribution < -0.4 is 5.32 Å². The number of rotatable bonds is 5. The maximum Gasteiger partial charge on any atom is 0.324 e. The van der Waals surface area contributed by atoms with Crippen molar-refractivity contribution in [1.29, 1.82) is 0 Å². The fourth-order valence-electron chi connectivity index (χ4n) is 2.88. The molecule has 1 aliphatic rings. The third-order valence-corrected chi connectivity index (χ3v) is 4.42. The standard InChI is InChI=1S/C15H19ClN2O3/c1-2-15(14(20)21)8-5-9-18(15)10-13(19)17-12-7-4-3-6-11(12)16/h3-4,6-7H,2,5,8-10H2,1H3,(H,17,19)(H,20,21). The van der Waals surface area contributed by atoms with Gasteiger partial charge in [0.1, 0.15) is 5.54 Å². The minimum Gasteiger partial charge on any atom is -0.480 e. The Kier molecular flexibility index (Phi) is 4.85. The molecule has 0 radical (unpaired) electrons. The highest BCUT2D eigenvalue weighted by Crippen LogP contribution is 2.32. The van der Waals surface area contributed by atoms with E-state index in [1.165, 1.54) is 0 Å². The van der Waals surface area contributed by atoms with Crippen LogP contribution in [0.15, 0.2) is 24.3 Å². The summed E-state index contributed by atoms with van der Waals surface area (Å²) in [5.74, 6) is -1.10. The number of carboxylic acid groups (broad SMARTS) is 1. The zero-order chi connectivity index (χ0) is 15.5. The van der Waals surface area contributed by atoms with Crippen LogP contribution in [0.1, 0.15) is 26.2 Å². The first-order chi connectivity index (χ1) is 9.99. The molecule has 1 fully saturated rings. The first kappa shape index (κ1) is 15.8. The number of hydrogen-bond acceptors (Lipinski definition) is 3. The molecular weight excluding hydrogens is 292 g/mol. The molecule has 1 amide bonds. The van der Waals surface area contributed by atoms with Crippen LogP contribution in [0.3, 0.4) is 0 Å². The zero-order valence-corrected chi connectivity index (χ0v) is 12.7. The van der Waals surface area contributed by atoms with Crippen molar-refractivity contribution >= 4 is 29.2 Å². The van der Waals surface area contributed by atoms with Crippen molar-refractivity contribution in [3.05, 3.63) is 29.3 Å². The molecule has 2 rings (SSSR count). The van der Waals surface area contributed by atoms with Gasteiger partial charge in [-0.25, -0.2) is 0 Å². The molecule has 6 heteroatoms. The molecule has 5 nitrogen and oxygen atoms in total. The molecule has 1 aromatic carbocycles. The van der Waals surface area contributed by atoms with Gasteiger partial charge in [-0.05, 0) is 37.9 Å². The normalized spacial score (nSPS) is 22.2. The lowest BCUT2D eigenvalue weighted by Gasteiger charge is -2.33.